The van der Waals surface area contributed by atoms with E-state index in [1.807, 2.05) is 0 Å². The number of thioether (sulfide) groups is 1. The first-order valence-electron chi connectivity index (χ1n) is 7.01. The minimum Gasteiger partial charge on any atom is -0.367 e. The van der Waals surface area contributed by atoms with Gasteiger partial charge in [0, 0.05) is 31.5 Å². The largest absolute Gasteiger partial charge is 0.367 e. The lowest BCUT2D eigenvalue weighted by Gasteiger charge is -2.31. The quantitative estimate of drug-likeness (QED) is 0.810. The minimum atomic E-state index is -0.0957. The number of aryl methyl sites for hydroxylation is 1. The Morgan fingerprint density at radius 3 is 2.81 bits per heavy atom. The van der Waals surface area contributed by atoms with Gasteiger partial charge in [-0.3, -0.25) is 4.90 Å². The second-order valence-corrected chi connectivity index (χ2v) is 5.99. The molecule has 6 heteroatoms. The van der Waals surface area contributed by atoms with Gasteiger partial charge in [0.15, 0.2) is 0 Å². The monoisotopic (exact) mass is 305 g/mol. The molecule has 0 unspecified atom stereocenters. The van der Waals surface area contributed by atoms with Crippen LogP contribution >= 0.6 is 11.8 Å². The summed E-state index contributed by atoms with van der Waals surface area (Å²) in [5, 5.41) is 3.96. The average molecular weight is 305 g/mol. The summed E-state index contributed by atoms with van der Waals surface area (Å²) < 4.78 is 10.8. The molecule has 0 bridgehead atoms. The highest BCUT2D eigenvalue weighted by Gasteiger charge is 2.25. The van der Waals surface area contributed by atoms with Gasteiger partial charge >= 0.3 is 0 Å². The van der Waals surface area contributed by atoms with Gasteiger partial charge in [0.2, 0.25) is 11.7 Å². The van der Waals surface area contributed by atoms with Crippen molar-refractivity contribution in [2.45, 2.75) is 24.5 Å². The van der Waals surface area contributed by atoms with Gasteiger partial charge in [0.05, 0.1) is 6.61 Å². The summed E-state index contributed by atoms with van der Waals surface area (Å²) in [5.74, 6) is 1.23. The normalized spacial score (nSPS) is 19.8. The van der Waals surface area contributed by atoms with Crippen molar-refractivity contribution in [1.82, 2.24) is 15.0 Å². The number of morpholine rings is 1. The lowest BCUT2D eigenvalue weighted by Crippen LogP contribution is -2.38. The molecule has 1 aromatic heterocycles. The molecular weight excluding hydrogens is 286 g/mol. The number of aromatic nitrogens is 2. The molecule has 112 valence electrons. The third-order valence-electron chi connectivity index (χ3n) is 3.55. The first-order chi connectivity index (χ1) is 10.2. The predicted molar refractivity (Wildman–Crippen MR) is 81.2 cm³/mol. The number of nitrogens with zero attached hydrogens (tertiary/aromatic N) is 3. The first kappa shape index (κ1) is 14.6. The SMILES string of the molecule is CSc1ccc(CN2CCO[C@H](c3noc(C)n3)C2)cc1. The van der Waals surface area contributed by atoms with Crippen molar-refractivity contribution in [3.8, 4) is 0 Å². The molecule has 1 aromatic carbocycles. The van der Waals surface area contributed by atoms with E-state index in [0.717, 1.165) is 19.6 Å². The zero-order valence-corrected chi connectivity index (χ0v) is 13.1. The van der Waals surface area contributed by atoms with Crippen molar-refractivity contribution in [2.75, 3.05) is 26.0 Å². The van der Waals surface area contributed by atoms with E-state index in [2.05, 4.69) is 45.6 Å². The van der Waals surface area contributed by atoms with Crippen LogP contribution in [-0.4, -0.2) is 41.0 Å². The van der Waals surface area contributed by atoms with Crippen LogP contribution in [0.2, 0.25) is 0 Å². The Morgan fingerprint density at radius 1 is 1.33 bits per heavy atom. The van der Waals surface area contributed by atoms with Crippen molar-refractivity contribution in [1.29, 1.82) is 0 Å². The van der Waals surface area contributed by atoms with E-state index in [1.54, 1.807) is 18.7 Å². The average Bonchev–Trinajstić information content (AvgIpc) is 2.95. The second kappa shape index (κ2) is 6.60. The molecule has 0 N–H and O–H groups in total. The van der Waals surface area contributed by atoms with Gasteiger partial charge in [-0.15, -0.1) is 11.8 Å². The molecule has 1 aliphatic heterocycles. The molecule has 0 saturated carbocycles. The molecule has 1 fully saturated rings. The summed E-state index contributed by atoms with van der Waals surface area (Å²) in [4.78, 5) is 7.93. The van der Waals surface area contributed by atoms with Crippen LogP contribution in [0.4, 0.5) is 0 Å². The molecule has 0 aliphatic carbocycles. The topological polar surface area (TPSA) is 51.4 Å². The fraction of sp³-hybridized carbons (Fsp3) is 0.467. The summed E-state index contributed by atoms with van der Waals surface area (Å²) in [6.45, 7) is 5.14. The maximum atomic E-state index is 5.75. The molecule has 2 heterocycles. The van der Waals surface area contributed by atoms with E-state index >= 15 is 0 Å². The summed E-state index contributed by atoms with van der Waals surface area (Å²) in [7, 11) is 0. The van der Waals surface area contributed by atoms with Gasteiger partial charge in [-0.1, -0.05) is 17.3 Å². The van der Waals surface area contributed by atoms with E-state index < -0.39 is 0 Å². The molecule has 2 aromatic rings. The number of rotatable bonds is 4. The fourth-order valence-electron chi connectivity index (χ4n) is 2.44. The van der Waals surface area contributed by atoms with E-state index in [-0.39, 0.29) is 6.10 Å². The lowest BCUT2D eigenvalue weighted by molar-refractivity contribution is -0.0380. The highest BCUT2D eigenvalue weighted by molar-refractivity contribution is 7.98. The molecule has 1 aliphatic rings. The van der Waals surface area contributed by atoms with E-state index in [0.29, 0.717) is 18.3 Å². The van der Waals surface area contributed by atoms with Gasteiger partial charge in [-0.05, 0) is 24.0 Å². The van der Waals surface area contributed by atoms with Crippen molar-refractivity contribution in [3.63, 3.8) is 0 Å². The lowest BCUT2D eigenvalue weighted by atomic mass is 10.2. The molecule has 5 nitrogen and oxygen atoms in total. The van der Waals surface area contributed by atoms with Crippen LogP contribution in [0.25, 0.3) is 0 Å². The zero-order chi connectivity index (χ0) is 14.7. The third-order valence-corrected chi connectivity index (χ3v) is 4.29. The van der Waals surface area contributed by atoms with E-state index in [4.69, 9.17) is 9.26 Å². The van der Waals surface area contributed by atoms with E-state index in [1.165, 1.54) is 10.5 Å². The molecule has 1 atom stereocenters. The molecule has 1 saturated heterocycles. The Bertz CT molecular complexity index is 585. The van der Waals surface area contributed by atoms with E-state index in [9.17, 15) is 0 Å². The molecule has 3 rings (SSSR count). The summed E-state index contributed by atoms with van der Waals surface area (Å²) in [6.07, 6.45) is 2.00. The van der Waals surface area contributed by atoms with Crippen LogP contribution < -0.4 is 0 Å². The third kappa shape index (κ3) is 3.64. The predicted octanol–water partition coefficient (Wildman–Crippen LogP) is 2.67. The second-order valence-electron chi connectivity index (χ2n) is 5.11. The van der Waals surface area contributed by atoms with Crippen molar-refractivity contribution < 1.29 is 9.26 Å². The number of hydrogen-bond donors (Lipinski definition) is 0. The Labute approximate surface area is 128 Å². The standard InChI is InChI=1S/C15H19N3O2S/c1-11-16-15(17-20-11)14-10-18(7-8-19-14)9-12-3-5-13(21-2)6-4-12/h3-6,14H,7-10H2,1-2H3/t14-/m0/s1. The highest BCUT2D eigenvalue weighted by Crippen LogP contribution is 2.22. The Balaban J connectivity index is 1.62. The zero-order valence-electron chi connectivity index (χ0n) is 12.3. The van der Waals surface area contributed by atoms with Gasteiger partial charge in [0.1, 0.15) is 6.10 Å². The summed E-state index contributed by atoms with van der Waals surface area (Å²) in [5.41, 5.74) is 1.32. The van der Waals surface area contributed by atoms with Crippen molar-refractivity contribution in [3.05, 3.63) is 41.5 Å². The van der Waals surface area contributed by atoms with Gasteiger partial charge < -0.3 is 9.26 Å². The van der Waals surface area contributed by atoms with Crippen LogP contribution in [-0.2, 0) is 11.3 Å². The summed E-state index contributed by atoms with van der Waals surface area (Å²) >= 11 is 1.76. The number of ether oxygens (including phenoxy) is 1. The maximum Gasteiger partial charge on any atom is 0.223 e. The van der Waals surface area contributed by atoms with Crippen LogP contribution in [0, 0.1) is 6.92 Å². The van der Waals surface area contributed by atoms with Crippen LogP contribution in [0.5, 0.6) is 0 Å². The molecule has 0 radical (unpaired) electrons. The molecular formula is C15H19N3O2S. The first-order valence-corrected chi connectivity index (χ1v) is 8.24. The van der Waals surface area contributed by atoms with Crippen molar-refractivity contribution >= 4 is 11.8 Å². The number of benzene rings is 1. The van der Waals surface area contributed by atoms with Gasteiger partial charge in [-0.2, -0.15) is 4.98 Å². The highest BCUT2D eigenvalue weighted by atomic mass is 32.2. The minimum absolute atomic E-state index is 0.0957. The maximum absolute atomic E-state index is 5.75. The van der Waals surface area contributed by atoms with Crippen LogP contribution in [0.15, 0.2) is 33.7 Å². The smallest absolute Gasteiger partial charge is 0.223 e. The Kier molecular flexibility index (Phi) is 4.57. The van der Waals surface area contributed by atoms with Crippen molar-refractivity contribution in [2.24, 2.45) is 0 Å². The van der Waals surface area contributed by atoms with Crippen LogP contribution in [0.1, 0.15) is 23.4 Å². The Morgan fingerprint density at radius 2 is 2.14 bits per heavy atom. The molecule has 0 amide bonds. The summed E-state index contributed by atoms with van der Waals surface area (Å²) in [6, 6.07) is 8.71. The molecule has 21 heavy (non-hydrogen) atoms. The Hall–Kier alpha value is -1.37. The van der Waals surface area contributed by atoms with Crippen LogP contribution in [0.3, 0.4) is 0 Å². The van der Waals surface area contributed by atoms with Gasteiger partial charge in [0.25, 0.3) is 0 Å². The fourth-order valence-corrected chi connectivity index (χ4v) is 2.85. The number of hydrogen-bond acceptors (Lipinski definition) is 6. The van der Waals surface area contributed by atoms with Gasteiger partial charge in [-0.25, -0.2) is 0 Å². The molecule has 0 spiro atoms.